The Labute approximate surface area is 483 Å². The SMILES string of the molecule is Cc1c(NC(=O)c2cccc(OCC(=O)NCCCNC(=O)COc3cccc(C(=O)Nc4c(C)c(C(=O)c5ccc(N)c(C(=O)[O-])c5)n5ccccc45)c3)c2)c2ccccn2c1C(=O)c1ccc(N)c(C(=O)[O-])c1.[Na+].[Na+]. The van der Waals surface area contributed by atoms with Gasteiger partial charge in [-0.3, -0.25) is 28.8 Å². The van der Waals surface area contributed by atoms with Gasteiger partial charge in [0.1, 0.15) is 11.5 Å². The maximum absolute atomic E-state index is 13.8. The summed E-state index contributed by atoms with van der Waals surface area (Å²) in [6.45, 7) is 2.98. The Morgan fingerprint density at radius 3 is 1.30 bits per heavy atom. The third-order valence-corrected chi connectivity index (χ3v) is 12.1. The Kier molecular flexibility index (Phi) is 19.2. The molecule has 0 radical (unpaired) electrons. The Hall–Kier alpha value is -8.24. The van der Waals surface area contributed by atoms with Crippen LogP contribution in [0.15, 0.2) is 134 Å². The van der Waals surface area contributed by atoms with Crippen molar-refractivity contribution in [1.29, 1.82) is 0 Å². The van der Waals surface area contributed by atoms with Crippen molar-refractivity contribution in [2.45, 2.75) is 20.3 Å². The van der Waals surface area contributed by atoms with Crippen LogP contribution in [0, 0.1) is 13.8 Å². The van der Waals surface area contributed by atoms with Crippen LogP contribution in [0.1, 0.15) is 91.1 Å². The van der Waals surface area contributed by atoms with E-state index in [1.54, 1.807) is 108 Å². The van der Waals surface area contributed by atoms with Crippen LogP contribution in [0.4, 0.5) is 22.7 Å². The first-order valence-electron chi connectivity index (χ1n) is 23.1. The monoisotopic (exact) mass is 1060 g/mol. The summed E-state index contributed by atoms with van der Waals surface area (Å²) in [5.74, 6) is -5.55. The number of nitrogens with one attached hydrogen (secondary N) is 4. The first kappa shape index (κ1) is 58.0. The molecule has 77 heavy (non-hydrogen) atoms. The minimum absolute atomic E-state index is 0. The van der Waals surface area contributed by atoms with Gasteiger partial charge in [0.25, 0.3) is 23.6 Å². The number of aromatic nitrogens is 2. The van der Waals surface area contributed by atoms with E-state index < -0.39 is 47.1 Å². The average molecular weight is 1060 g/mol. The number of nitrogens with two attached hydrogens (primary N) is 2. The van der Waals surface area contributed by atoms with Crippen molar-refractivity contribution in [2.75, 3.05) is 48.4 Å². The summed E-state index contributed by atoms with van der Waals surface area (Å²) in [6, 6.07) is 30.4. The van der Waals surface area contributed by atoms with Gasteiger partial charge in [0.15, 0.2) is 13.2 Å². The maximum atomic E-state index is 13.8. The molecule has 0 unspecified atom stereocenters. The zero-order chi connectivity index (χ0) is 53.5. The second-order valence-corrected chi connectivity index (χ2v) is 17.0. The standard InChI is InChI=1S/C55H48N8O12.2Na/c1-30-46(42-14-3-5-22-62(42)48(30)50(66)32-16-18-40(56)38(26-32)54(70)71)60-52(68)34-10-7-12-36(24-34)74-28-44(64)58-20-9-21-59-45(65)29-75-37-13-8-11-35(25-37)53(69)61-47-31(2)49(63-23-6-4-15-43(47)63)51(67)33-17-19-41(57)39(27-33)55(72)73;;/h3-8,10-19,22-27H,9,20-21,28-29,56-57H2,1-2H3,(H,58,64)(H,59,65)(H,60,68)(H,61,69)(H,70,71)(H,72,73);;/q;2*+1/p-2. The molecule has 4 aromatic carbocycles. The van der Waals surface area contributed by atoms with Gasteiger partial charge in [-0.25, -0.2) is 0 Å². The number of carbonyl (C=O) groups excluding carboxylic acids is 8. The third kappa shape index (κ3) is 13.1. The smallest absolute Gasteiger partial charge is 0.545 e. The van der Waals surface area contributed by atoms with Gasteiger partial charge in [-0.1, -0.05) is 24.3 Å². The number of pyridine rings is 2. The number of rotatable bonds is 20. The Bertz CT molecular complexity index is 3410. The molecule has 8 aromatic rings. The fourth-order valence-corrected chi connectivity index (χ4v) is 8.33. The molecule has 0 aliphatic rings. The molecule has 8 N–H and O–H groups in total. The number of carboxylic acids is 2. The van der Waals surface area contributed by atoms with E-state index in [2.05, 4.69) is 21.3 Å². The molecule has 0 spiro atoms. The van der Waals surface area contributed by atoms with Gasteiger partial charge >= 0.3 is 59.1 Å². The molecule has 0 fully saturated rings. The van der Waals surface area contributed by atoms with Crippen molar-refractivity contribution in [2.24, 2.45) is 0 Å². The van der Waals surface area contributed by atoms with Gasteiger partial charge in [-0.15, -0.1) is 0 Å². The van der Waals surface area contributed by atoms with Gasteiger partial charge < -0.3 is 70.8 Å². The van der Waals surface area contributed by atoms with Crippen molar-refractivity contribution in [1.82, 2.24) is 19.4 Å². The van der Waals surface area contributed by atoms with Gasteiger partial charge in [0.2, 0.25) is 11.6 Å². The molecule has 20 nitrogen and oxygen atoms in total. The predicted octanol–water partition coefficient (Wildman–Crippen LogP) is -2.24. The topological polar surface area (TPSA) is 310 Å². The van der Waals surface area contributed by atoms with Crippen molar-refractivity contribution >= 4 is 80.9 Å². The number of aromatic carboxylic acids is 2. The van der Waals surface area contributed by atoms with Crippen LogP contribution >= 0.6 is 0 Å². The molecule has 0 bridgehead atoms. The zero-order valence-corrected chi connectivity index (χ0v) is 46.2. The van der Waals surface area contributed by atoms with Crippen LogP contribution in [0.5, 0.6) is 11.5 Å². The third-order valence-electron chi connectivity index (χ3n) is 12.1. The molecule has 0 saturated heterocycles. The number of fused-ring (bicyclic) bond motifs is 2. The minimum Gasteiger partial charge on any atom is -0.545 e. The number of hydrogen-bond donors (Lipinski definition) is 6. The molecule has 380 valence electrons. The van der Waals surface area contributed by atoms with Crippen LogP contribution in [0.25, 0.3) is 11.0 Å². The fraction of sp³-hybridized carbons (Fsp3) is 0.127. The van der Waals surface area contributed by atoms with Crippen molar-refractivity contribution < 1.29 is 117 Å². The fourth-order valence-electron chi connectivity index (χ4n) is 8.33. The van der Waals surface area contributed by atoms with Crippen LogP contribution in [-0.4, -0.2) is 82.2 Å². The Morgan fingerprint density at radius 2 is 0.909 bits per heavy atom. The average Bonchev–Trinajstić information content (AvgIpc) is 3.86. The largest absolute Gasteiger partial charge is 1.00 e. The molecular formula is C55H46N8Na2O12. The molecule has 0 atom stereocenters. The summed E-state index contributed by atoms with van der Waals surface area (Å²) in [7, 11) is 0. The molecule has 4 aromatic heterocycles. The van der Waals surface area contributed by atoms with Gasteiger partial charge in [0.05, 0.1) is 45.7 Å². The van der Waals surface area contributed by atoms with E-state index in [1.165, 1.54) is 36.4 Å². The second-order valence-electron chi connectivity index (χ2n) is 17.0. The number of carboxylic acid groups (broad SMARTS) is 2. The minimum atomic E-state index is -1.53. The number of nitrogens with zero attached hydrogens (tertiary/aromatic N) is 2. The number of nitrogen functional groups attached to an aromatic ring is 2. The van der Waals surface area contributed by atoms with Crippen molar-refractivity contribution in [3.8, 4) is 11.5 Å². The first-order valence-corrected chi connectivity index (χ1v) is 23.1. The number of amides is 4. The maximum Gasteiger partial charge on any atom is 1.00 e. The molecular weight excluding hydrogens is 1010 g/mol. The van der Waals surface area contributed by atoms with E-state index in [1.807, 2.05) is 0 Å². The summed E-state index contributed by atoms with van der Waals surface area (Å²) in [6.07, 6.45) is 3.66. The zero-order valence-electron chi connectivity index (χ0n) is 42.2. The summed E-state index contributed by atoms with van der Waals surface area (Å²) in [4.78, 5) is 103. The van der Waals surface area contributed by atoms with E-state index in [9.17, 15) is 48.6 Å². The van der Waals surface area contributed by atoms with Crippen LogP contribution in [0.3, 0.4) is 0 Å². The number of anilines is 4. The van der Waals surface area contributed by atoms with E-state index >= 15 is 0 Å². The number of ketones is 2. The molecule has 4 heterocycles. The van der Waals surface area contributed by atoms with Crippen LogP contribution in [0.2, 0.25) is 0 Å². The first-order chi connectivity index (χ1) is 36.0. The van der Waals surface area contributed by atoms with E-state index in [4.69, 9.17) is 20.9 Å². The molecule has 0 saturated carbocycles. The van der Waals surface area contributed by atoms with Gasteiger partial charge in [-0.2, -0.15) is 0 Å². The van der Waals surface area contributed by atoms with Crippen molar-refractivity contribution in [3.63, 3.8) is 0 Å². The summed E-state index contributed by atoms with van der Waals surface area (Å²) < 4.78 is 14.5. The van der Waals surface area contributed by atoms with Crippen molar-refractivity contribution in [3.05, 3.63) is 190 Å². The summed E-state index contributed by atoms with van der Waals surface area (Å²) >= 11 is 0. The number of hydrogen-bond acceptors (Lipinski definition) is 14. The van der Waals surface area contributed by atoms with Crippen LogP contribution < -0.4 is 112 Å². The number of carbonyl (C=O) groups is 8. The Morgan fingerprint density at radius 1 is 0.506 bits per heavy atom. The normalized spacial score (nSPS) is 10.6. The molecule has 8 rings (SSSR count). The van der Waals surface area contributed by atoms with Crippen LogP contribution in [-0.2, 0) is 9.59 Å². The summed E-state index contributed by atoms with van der Waals surface area (Å²) in [5.41, 5.74) is 14.3. The predicted molar refractivity (Wildman–Crippen MR) is 272 cm³/mol. The van der Waals surface area contributed by atoms with E-state index in [-0.39, 0.29) is 153 Å². The Balaban J connectivity index is 0.00000480. The molecule has 0 aliphatic carbocycles. The van der Waals surface area contributed by atoms with E-state index in [0.29, 0.717) is 40.0 Å². The quantitative estimate of drug-likeness (QED) is 0.0204. The summed E-state index contributed by atoms with van der Waals surface area (Å²) in [5, 5.41) is 34.4. The number of ether oxygens (including phenoxy) is 2. The molecule has 0 aliphatic heterocycles. The molecule has 4 amide bonds. The second kappa shape index (κ2) is 25.5. The van der Waals surface area contributed by atoms with Gasteiger partial charge in [-0.05, 0) is 117 Å². The molecule has 22 heteroatoms. The van der Waals surface area contributed by atoms with Gasteiger partial charge in [0, 0.05) is 81.4 Å². The number of benzene rings is 4. The van der Waals surface area contributed by atoms with E-state index in [0.717, 1.165) is 12.1 Å².